The summed E-state index contributed by atoms with van der Waals surface area (Å²) in [6, 6.07) is 28.1. The number of fused-ring (bicyclic) bond motifs is 2. The molecule has 2 heterocycles. The third-order valence-electron chi connectivity index (χ3n) is 6.65. The molecule has 2 fully saturated rings. The van der Waals surface area contributed by atoms with Gasteiger partial charge in [-0.2, -0.15) is 0 Å². The molecule has 35 heavy (non-hydrogen) atoms. The molecule has 6 rings (SSSR count). The quantitative estimate of drug-likeness (QED) is 0.320. The fourth-order valence-electron chi connectivity index (χ4n) is 5.06. The molecule has 0 spiro atoms. The number of hydroxylamine groups is 1. The second-order valence-electron chi connectivity index (χ2n) is 8.56. The van der Waals surface area contributed by atoms with Crippen LogP contribution in [0.4, 0.5) is 11.4 Å². The minimum absolute atomic E-state index is 0.272. The van der Waals surface area contributed by atoms with Crippen LogP contribution in [-0.4, -0.2) is 25.0 Å². The highest BCUT2D eigenvalue weighted by Gasteiger charge is 2.60. The molecule has 3 unspecified atom stereocenters. The van der Waals surface area contributed by atoms with E-state index in [0.717, 1.165) is 26.5 Å². The van der Waals surface area contributed by atoms with E-state index >= 15 is 0 Å². The molecule has 0 radical (unpaired) electrons. The van der Waals surface area contributed by atoms with Crippen molar-refractivity contribution < 1.29 is 19.2 Å². The van der Waals surface area contributed by atoms with Crippen molar-refractivity contribution in [1.29, 1.82) is 0 Å². The summed E-state index contributed by atoms with van der Waals surface area (Å²) in [6.45, 7) is 0. The van der Waals surface area contributed by atoms with Gasteiger partial charge in [-0.05, 0) is 57.2 Å². The molecule has 6 nitrogen and oxygen atoms in total. The summed E-state index contributed by atoms with van der Waals surface area (Å²) in [5, 5.41) is 3.50. The number of hydrogen-bond acceptors (Lipinski definition) is 5. The van der Waals surface area contributed by atoms with Crippen molar-refractivity contribution in [2.75, 3.05) is 17.1 Å². The number of para-hydroxylation sites is 1. The van der Waals surface area contributed by atoms with E-state index in [4.69, 9.17) is 9.57 Å². The molecule has 174 valence electrons. The lowest BCUT2D eigenvalue weighted by atomic mass is 9.90. The van der Waals surface area contributed by atoms with Crippen molar-refractivity contribution in [3.8, 4) is 5.75 Å². The highest BCUT2D eigenvalue weighted by atomic mass is 79.9. The maximum atomic E-state index is 14.0. The fraction of sp³-hybridized carbons (Fsp3) is 0.143. The lowest BCUT2D eigenvalue weighted by Crippen LogP contribution is -2.37. The van der Waals surface area contributed by atoms with Crippen LogP contribution in [0.2, 0.25) is 0 Å². The van der Waals surface area contributed by atoms with Crippen LogP contribution in [0.1, 0.15) is 11.6 Å². The van der Waals surface area contributed by atoms with Crippen molar-refractivity contribution >= 4 is 49.9 Å². The summed E-state index contributed by atoms with van der Waals surface area (Å²) in [4.78, 5) is 35.2. The highest BCUT2D eigenvalue weighted by Crippen LogP contribution is 2.49. The van der Waals surface area contributed by atoms with Crippen LogP contribution in [0.15, 0.2) is 95.5 Å². The molecule has 0 N–H and O–H groups in total. The van der Waals surface area contributed by atoms with Crippen molar-refractivity contribution in [3.63, 3.8) is 0 Å². The number of imide groups is 1. The van der Waals surface area contributed by atoms with E-state index in [-0.39, 0.29) is 11.8 Å². The molecule has 2 saturated heterocycles. The third kappa shape index (κ3) is 3.42. The maximum absolute atomic E-state index is 14.0. The number of anilines is 2. The number of amides is 2. The number of ether oxygens (including phenoxy) is 1. The monoisotopic (exact) mass is 528 g/mol. The van der Waals surface area contributed by atoms with Crippen LogP contribution in [0.25, 0.3) is 10.8 Å². The molecule has 0 aromatic heterocycles. The zero-order valence-electron chi connectivity index (χ0n) is 18.8. The number of nitrogens with zero attached hydrogens (tertiary/aromatic N) is 2. The van der Waals surface area contributed by atoms with Gasteiger partial charge in [-0.1, -0.05) is 60.7 Å². The van der Waals surface area contributed by atoms with Gasteiger partial charge < -0.3 is 4.74 Å². The van der Waals surface area contributed by atoms with Crippen LogP contribution in [-0.2, 0) is 14.4 Å². The van der Waals surface area contributed by atoms with E-state index in [2.05, 4.69) is 15.9 Å². The second kappa shape index (κ2) is 8.52. The predicted molar refractivity (Wildman–Crippen MR) is 137 cm³/mol. The fourth-order valence-corrected chi connectivity index (χ4v) is 5.62. The van der Waals surface area contributed by atoms with Gasteiger partial charge in [-0.3, -0.25) is 14.4 Å². The average molecular weight is 529 g/mol. The lowest BCUT2D eigenvalue weighted by Gasteiger charge is -2.29. The van der Waals surface area contributed by atoms with Crippen molar-refractivity contribution in [3.05, 3.63) is 101 Å². The first-order valence-corrected chi connectivity index (χ1v) is 12.1. The number of halogens is 1. The molecular formula is C28H21BrN2O4. The van der Waals surface area contributed by atoms with Crippen LogP contribution in [0, 0.1) is 5.92 Å². The third-order valence-corrected chi connectivity index (χ3v) is 7.27. The lowest BCUT2D eigenvalue weighted by molar-refractivity contribution is -0.126. The van der Waals surface area contributed by atoms with E-state index in [9.17, 15) is 9.59 Å². The summed E-state index contributed by atoms with van der Waals surface area (Å²) >= 11 is 3.56. The first-order chi connectivity index (χ1) is 17.1. The van der Waals surface area contributed by atoms with E-state index in [1.54, 1.807) is 12.2 Å². The Labute approximate surface area is 210 Å². The van der Waals surface area contributed by atoms with Gasteiger partial charge in [-0.25, -0.2) is 9.96 Å². The van der Waals surface area contributed by atoms with Gasteiger partial charge in [0, 0.05) is 5.39 Å². The minimum Gasteiger partial charge on any atom is -0.496 e. The van der Waals surface area contributed by atoms with Gasteiger partial charge in [0.2, 0.25) is 5.91 Å². The number of methoxy groups -OCH3 is 1. The largest absolute Gasteiger partial charge is 0.496 e. The number of carbonyl (C=O) groups is 2. The summed E-state index contributed by atoms with van der Waals surface area (Å²) < 4.78 is 6.15. The topological polar surface area (TPSA) is 59.1 Å². The number of rotatable bonds is 4. The Balaban J connectivity index is 1.47. The maximum Gasteiger partial charge on any atom is 0.266 e. The molecule has 7 heteroatoms. The van der Waals surface area contributed by atoms with E-state index in [1.807, 2.05) is 91.0 Å². The Morgan fingerprint density at radius 1 is 0.857 bits per heavy atom. The van der Waals surface area contributed by atoms with Gasteiger partial charge in [-0.15, -0.1) is 0 Å². The molecule has 3 atom stereocenters. The molecule has 4 aromatic rings. The van der Waals surface area contributed by atoms with Gasteiger partial charge in [0.25, 0.3) is 5.91 Å². The standard InChI is InChI=1S/C28H21BrN2O4/c1-34-23-15-14-18(16-21(23)29)25-24-26(35-31(25)19-10-3-2-4-11-19)28(33)30(27(24)32)22-13-7-9-17-8-5-6-12-20(17)22/h2-16,24-26H,1H3. The second-order valence-corrected chi connectivity index (χ2v) is 9.42. The van der Waals surface area contributed by atoms with Crippen molar-refractivity contribution in [1.82, 2.24) is 0 Å². The minimum atomic E-state index is -0.924. The van der Waals surface area contributed by atoms with Gasteiger partial charge >= 0.3 is 0 Å². The smallest absolute Gasteiger partial charge is 0.266 e. The first-order valence-electron chi connectivity index (χ1n) is 11.3. The van der Waals surface area contributed by atoms with Crippen LogP contribution < -0.4 is 14.7 Å². The molecule has 2 amide bonds. The van der Waals surface area contributed by atoms with Crippen LogP contribution >= 0.6 is 15.9 Å². The van der Waals surface area contributed by atoms with E-state index in [0.29, 0.717) is 11.4 Å². The zero-order chi connectivity index (χ0) is 24.1. The Bertz CT molecular complexity index is 1450. The summed E-state index contributed by atoms with van der Waals surface area (Å²) in [5.41, 5.74) is 2.20. The van der Waals surface area contributed by atoms with Gasteiger partial charge in [0.15, 0.2) is 6.10 Å². The average Bonchev–Trinajstić information content (AvgIpc) is 3.40. The van der Waals surface area contributed by atoms with E-state index in [1.165, 1.54) is 4.90 Å². The summed E-state index contributed by atoms with van der Waals surface area (Å²) in [7, 11) is 1.60. The molecule has 0 saturated carbocycles. The molecular weight excluding hydrogens is 508 g/mol. The molecule has 2 aliphatic heterocycles. The zero-order valence-corrected chi connectivity index (χ0v) is 20.4. The Kier molecular flexibility index (Phi) is 5.31. The Hall–Kier alpha value is -3.68. The molecule has 0 bridgehead atoms. The summed E-state index contributed by atoms with van der Waals surface area (Å²) in [5.74, 6) is -0.650. The summed E-state index contributed by atoms with van der Waals surface area (Å²) in [6.07, 6.45) is -0.924. The Morgan fingerprint density at radius 3 is 2.37 bits per heavy atom. The van der Waals surface area contributed by atoms with Crippen molar-refractivity contribution in [2.45, 2.75) is 12.1 Å². The van der Waals surface area contributed by atoms with Crippen molar-refractivity contribution in [2.24, 2.45) is 5.92 Å². The predicted octanol–water partition coefficient (Wildman–Crippen LogP) is 5.66. The Morgan fingerprint density at radius 2 is 1.60 bits per heavy atom. The molecule has 0 aliphatic carbocycles. The molecule has 2 aliphatic rings. The van der Waals surface area contributed by atoms with E-state index < -0.39 is 18.1 Å². The highest BCUT2D eigenvalue weighted by molar-refractivity contribution is 9.10. The normalized spacial score (nSPS) is 21.6. The SMILES string of the molecule is COc1ccc(C2C3C(=O)N(c4cccc5ccccc45)C(=O)C3ON2c2ccccc2)cc1Br. The number of hydrogen-bond donors (Lipinski definition) is 0. The molecule has 4 aromatic carbocycles. The number of carbonyl (C=O) groups excluding carboxylic acids is 2. The van der Waals surface area contributed by atoms with Crippen LogP contribution in [0.3, 0.4) is 0 Å². The van der Waals surface area contributed by atoms with Crippen LogP contribution in [0.5, 0.6) is 5.75 Å². The van der Waals surface area contributed by atoms with Gasteiger partial charge in [0.05, 0.1) is 29.0 Å². The first kappa shape index (κ1) is 21.8. The van der Waals surface area contributed by atoms with Gasteiger partial charge in [0.1, 0.15) is 11.7 Å². The number of benzene rings is 4.